The maximum Gasteiger partial charge on any atom is 0.212 e. The summed E-state index contributed by atoms with van der Waals surface area (Å²) in [5.41, 5.74) is 7.55. The zero-order valence-corrected chi connectivity index (χ0v) is 10.5. The SMILES string of the molecule is C=C1C(=O)C(N)=C1NCCCCC(C)(C)C. The summed E-state index contributed by atoms with van der Waals surface area (Å²) in [5.74, 6) is -0.114. The maximum atomic E-state index is 11.1. The Balaban J connectivity index is 2.18. The van der Waals surface area contributed by atoms with Crippen molar-refractivity contribution in [3.05, 3.63) is 23.5 Å². The monoisotopic (exact) mass is 222 g/mol. The number of nitrogens with two attached hydrogens (primary N) is 1. The van der Waals surface area contributed by atoms with Crippen LogP contribution in [0.1, 0.15) is 40.0 Å². The Bertz CT molecular complexity index is 334. The van der Waals surface area contributed by atoms with E-state index in [9.17, 15) is 4.79 Å². The molecule has 0 fully saturated rings. The van der Waals surface area contributed by atoms with Crippen LogP contribution in [0.4, 0.5) is 0 Å². The lowest BCUT2D eigenvalue weighted by molar-refractivity contribution is -0.113. The first-order chi connectivity index (χ1) is 7.33. The van der Waals surface area contributed by atoms with Gasteiger partial charge in [0.05, 0.1) is 5.70 Å². The van der Waals surface area contributed by atoms with E-state index in [2.05, 4.69) is 32.7 Å². The van der Waals surface area contributed by atoms with Crippen molar-refractivity contribution < 1.29 is 4.79 Å². The van der Waals surface area contributed by atoms with E-state index in [1.165, 1.54) is 12.8 Å². The second-order valence-corrected chi connectivity index (χ2v) is 5.54. The number of allylic oxidation sites excluding steroid dienone is 2. The first-order valence-corrected chi connectivity index (χ1v) is 5.80. The summed E-state index contributed by atoms with van der Waals surface area (Å²) in [6.07, 6.45) is 3.49. The molecular formula is C13H22N2O. The zero-order chi connectivity index (χ0) is 12.3. The van der Waals surface area contributed by atoms with Crippen molar-refractivity contribution in [3.63, 3.8) is 0 Å². The summed E-state index contributed by atoms with van der Waals surface area (Å²) < 4.78 is 0. The topological polar surface area (TPSA) is 55.1 Å². The maximum absolute atomic E-state index is 11.1. The van der Waals surface area contributed by atoms with Gasteiger partial charge in [0.1, 0.15) is 5.70 Å². The van der Waals surface area contributed by atoms with E-state index in [1.54, 1.807) is 0 Å². The fourth-order valence-corrected chi connectivity index (χ4v) is 1.69. The molecule has 0 spiro atoms. The highest BCUT2D eigenvalue weighted by molar-refractivity contribution is 6.18. The average Bonchev–Trinajstić information content (AvgIpc) is 2.20. The Kier molecular flexibility index (Phi) is 3.79. The average molecular weight is 222 g/mol. The van der Waals surface area contributed by atoms with Crippen LogP contribution in [0.25, 0.3) is 0 Å². The molecule has 0 aliphatic heterocycles. The number of Topliss-reactive ketones (excluding diaryl/α,β-unsaturated/α-hetero) is 1. The molecule has 0 unspecified atom stereocenters. The Labute approximate surface area is 97.8 Å². The van der Waals surface area contributed by atoms with Gasteiger partial charge in [0.2, 0.25) is 5.78 Å². The van der Waals surface area contributed by atoms with Gasteiger partial charge in [0, 0.05) is 12.1 Å². The smallest absolute Gasteiger partial charge is 0.212 e. The van der Waals surface area contributed by atoms with Crippen LogP contribution in [-0.4, -0.2) is 12.3 Å². The van der Waals surface area contributed by atoms with E-state index in [0.717, 1.165) is 18.7 Å². The third kappa shape index (κ3) is 3.12. The highest BCUT2D eigenvalue weighted by atomic mass is 16.1. The largest absolute Gasteiger partial charge is 0.394 e. The van der Waals surface area contributed by atoms with Gasteiger partial charge in [-0.15, -0.1) is 0 Å². The van der Waals surface area contributed by atoms with E-state index in [1.807, 2.05) is 0 Å². The molecule has 1 aliphatic carbocycles. The number of carbonyl (C=O) groups is 1. The van der Waals surface area contributed by atoms with E-state index in [0.29, 0.717) is 16.7 Å². The molecule has 1 aliphatic rings. The lowest BCUT2D eigenvalue weighted by Crippen LogP contribution is -2.35. The molecule has 0 saturated carbocycles. The van der Waals surface area contributed by atoms with Crippen LogP contribution in [0.15, 0.2) is 23.5 Å². The van der Waals surface area contributed by atoms with Gasteiger partial charge < -0.3 is 11.1 Å². The first-order valence-electron chi connectivity index (χ1n) is 5.80. The van der Waals surface area contributed by atoms with Gasteiger partial charge in [-0.3, -0.25) is 4.79 Å². The number of carbonyl (C=O) groups excluding carboxylic acids is 1. The van der Waals surface area contributed by atoms with Gasteiger partial charge in [-0.25, -0.2) is 0 Å². The fourth-order valence-electron chi connectivity index (χ4n) is 1.69. The lowest BCUT2D eigenvalue weighted by atomic mass is 9.89. The second kappa shape index (κ2) is 4.73. The summed E-state index contributed by atoms with van der Waals surface area (Å²) in [4.78, 5) is 11.1. The highest BCUT2D eigenvalue weighted by Crippen LogP contribution is 2.23. The first kappa shape index (κ1) is 12.8. The molecule has 3 N–H and O–H groups in total. The molecule has 0 atom stereocenters. The molecule has 0 radical (unpaired) electrons. The number of hydrogen-bond donors (Lipinski definition) is 2. The summed E-state index contributed by atoms with van der Waals surface area (Å²) in [6.45, 7) is 11.3. The third-order valence-corrected chi connectivity index (χ3v) is 2.75. The minimum Gasteiger partial charge on any atom is -0.394 e. The van der Waals surface area contributed by atoms with Crippen LogP contribution >= 0.6 is 0 Å². The highest BCUT2D eigenvalue weighted by Gasteiger charge is 2.28. The van der Waals surface area contributed by atoms with Gasteiger partial charge in [0.25, 0.3) is 0 Å². The van der Waals surface area contributed by atoms with Crippen molar-refractivity contribution in [2.45, 2.75) is 40.0 Å². The molecule has 1 rings (SSSR count). The van der Waals surface area contributed by atoms with Gasteiger partial charge in [-0.05, 0) is 18.3 Å². The van der Waals surface area contributed by atoms with Crippen LogP contribution in [0, 0.1) is 5.41 Å². The van der Waals surface area contributed by atoms with Crippen molar-refractivity contribution in [1.82, 2.24) is 5.32 Å². The molecule has 3 nitrogen and oxygen atoms in total. The predicted octanol–water partition coefficient (Wildman–Crippen LogP) is 2.10. The van der Waals surface area contributed by atoms with Crippen LogP contribution in [0.2, 0.25) is 0 Å². The Morgan fingerprint density at radius 2 is 1.94 bits per heavy atom. The van der Waals surface area contributed by atoms with E-state index in [-0.39, 0.29) is 5.78 Å². The van der Waals surface area contributed by atoms with Crippen LogP contribution < -0.4 is 11.1 Å². The molecule has 16 heavy (non-hydrogen) atoms. The summed E-state index contributed by atoms with van der Waals surface area (Å²) in [6, 6.07) is 0. The van der Waals surface area contributed by atoms with Gasteiger partial charge in [-0.2, -0.15) is 0 Å². The number of ketones is 1. The van der Waals surface area contributed by atoms with Crippen molar-refractivity contribution >= 4 is 5.78 Å². The second-order valence-electron chi connectivity index (χ2n) is 5.54. The standard InChI is InChI=1S/C13H22N2O/c1-9-11(10(14)12(9)16)15-8-6-5-7-13(2,3)4/h15H,1,5-8,14H2,2-4H3. The van der Waals surface area contributed by atoms with Crippen molar-refractivity contribution in [1.29, 1.82) is 0 Å². The van der Waals surface area contributed by atoms with Crippen molar-refractivity contribution in [2.24, 2.45) is 11.1 Å². The number of hydrogen-bond acceptors (Lipinski definition) is 3. The van der Waals surface area contributed by atoms with E-state index >= 15 is 0 Å². The normalized spacial score (nSPS) is 16.4. The van der Waals surface area contributed by atoms with Crippen molar-refractivity contribution in [3.8, 4) is 0 Å². The molecule has 0 aromatic rings. The number of rotatable bonds is 5. The minimum atomic E-state index is -0.114. The molecule has 0 bridgehead atoms. The van der Waals surface area contributed by atoms with Gasteiger partial charge >= 0.3 is 0 Å². The van der Waals surface area contributed by atoms with Gasteiger partial charge in [-0.1, -0.05) is 33.8 Å². The fraction of sp³-hybridized carbons (Fsp3) is 0.615. The van der Waals surface area contributed by atoms with Crippen molar-refractivity contribution in [2.75, 3.05) is 6.54 Å². The predicted molar refractivity (Wildman–Crippen MR) is 66.7 cm³/mol. The van der Waals surface area contributed by atoms with Gasteiger partial charge in [0.15, 0.2) is 0 Å². The lowest BCUT2D eigenvalue weighted by Gasteiger charge is -2.23. The molecule has 90 valence electrons. The zero-order valence-electron chi connectivity index (χ0n) is 10.5. The molecule has 0 aromatic carbocycles. The molecule has 0 heterocycles. The Hall–Kier alpha value is -1.25. The molecule has 0 aromatic heterocycles. The number of nitrogens with one attached hydrogen (secondary N) is 1. The molecule has 3 heteroatoms. The number of unbranched alkanes of at least 4 members (excludes halogenated alkanes) is 1. The van der Waals surface area contributed by atoms with E-state index in [4.69, 9.17) is 5.73 Å². The molecule has 0 saturated heterocycles. The third-order valence-electron chi connectivity index (χ3n) is 2.75. The molecule has 0 amide bonds. The Morgan fingerprint density at radius 3 is 2.44 bits per heavy atom. The quantitative estimate of drug-likeness (QED) is 0.553. The summed E-state index contributed by atoms with van der Waals surface area (Å²) in [5, 5.41) is 3.17. The minimum absolute atomic E-state index is 0.114. The summed E-state index contributed by atoms with van der Waals surface area (Å²) in [7, 11) is 0. The van der Waals surface area contributed by atoms with Crippen LogP contribution in [0.5, 0.6) is 0 Å². The summed E-state index contributed by atoms with van der Waals surface area (Å²) >= 11 is 0. The van der Waals surface area contributed by atoms with Crippen LogP contribution in [0.3, 0.4) is 0 Å². The van der Waals surface area contributed by atoms with E-state index < -0.39 is 0 Å². The van der Waals surface area contributed by atoms with Crippen LogP contribution in [-0.2, 0) is 4.79 Å². The molecular weight excluding hydrogens is 200 g/mol. The Morgan fingerprint density at radius 1 is 1.31 bits per heavy atom.